The third-order valence-corrected chi connectivity index (χ3v) is 9.23. The van der Waals surface area contributed by atoms with Crippen molar-refractivity contribution in [3.8, 4) is 5.75 Å². The van der Waals surface area contributed by atoms with Crippen molar-refractivity contribution in [1.29, 1.82) is 0 Å². The minimum Gasteiger partial charge on any atom is -0.489 e. The van der Waals surface area contributed by atoms with Crippen LogP contribution in [0.4, 0.5) is 0 Å². The lowest BCUT2D eigenvalue weighted by atomic mass is 9.88. The number of fused-ring (bicyclic) bond motifs is 1. The van der Waals surface area contributed by atoms with Gasteiger partial charge in [-0.1, -0.05) is 49.6 Å². The number of carbonyl (C=O) groups is 4. The van der Waals surface area contributed by atoms with Crippen LogP contribution < -0.4 is 4.74 Å². The fraction of sp³-hybridized carbons (Fsp3) is 0.515. The van der Waals surface area contributed by atoms with Gasteiger partial charge in [-0.05, 0) is 42.5 Å². The summed E-state index contributed by atoms with van der Waals surface area (Å²) in [6, 6.07) is 13.4. The average Bonchev–Trinajstić information content (AvgIpc) is 3.34. The Bertz CT molecular complexity index is 1310. The van der Waals surface area contributed by atoms with E-state index in [1.807, 2.05) is 12.1 Å². The number of hydrogen-bond donors (Lipinski definition) is 0. The van der Waals surface area contributed by atoms with Gasteiger partial charge in [-0.3, -0.25) is 24.1 Å². The molecule has 2 heterocycles. The monoisotopic (exact) mass is 557 g/mol. The van der Waals surface area contributed by atoms with Gasteiger partial charge in [-0.15, -0.1) is 0 Å². The van der Waals surface area contributed by atoms with Crippen LogP contribution >= 0.6 is 0 Å². The van der Waals surface area contributed by atoms with Crippen molar-refractivity contribution in [2.75, 3.05) is 26.2 Å². The zero-order valence-electron chi connectivity index (χ0n) is 23.7. The first-order valence-corrected chi connectivity index (χ1v) is 15.2. The highest BCUT2D eigenvalue weighted by Crippen LogP contribution is 2.34. The van der Waals surface area contributed by atoms with Crippen molar-refractivity contribution in [3.63, 3.8) is 0 Å². The molecule has 1 atom stereocenters. The molecular weight excluding hydrogens is 518 g/mol. The molecule has 0 spiro atoms. The van der Waals surface area contributed by atoms with Crippen molar-refractivity contribution >= 4 is 23.4 Å². The molecule has 2 aliphatic carbocycles. The number of piperazine rings is 1. The standard InChI is InChI=1S/C33H39N3O5/c37-26-13-14-29(30(38)19-26)36-21-28-27(33(36)40)7-4-8-31(28)41-22-24-11-9-23(10-12-24)20-34-15-17-35(18-16-34)32(39)25-5-2-1-3-6-25/h4,7-12,25,29H,1-3,5-6,13-22H2. The molecule has 0 radical (unpaired) electrons. The number of amides is 2. The second-order valence-electron chi connectivity index (χ2n) is 12.0. The zero-order valence-corrected chi connectivity index (χ0v) is 23.7. The van der Waals surface area contributed by atoms with Gasteiger partial charge in [0.1, 0.15) is 18.1 Å². The van der Waals surface area contributed by atoms with Crippen LogP contribution in [0, 0.1) is 5.92 Å². The summed E-state index contributed by atoms with van der Waals surface area (Å²) in [7, 11) is 0. The Morgan fingerprint density at radius 3 is 2.32 bits per heavy atom. The minimum absolute atomic E-state index is 0.0469. The lowest BCUT2D eigenvalue weighted by Gasteiger charge is -2.37. The van der Waals surface area contributed by atoms with Gasteiger partial charge >= 0.3 is 0 Å². The Morgan fingerprint density at radius 2 is 1.59 bits per heavy atom. The molecule has 2 aliphatic heterocycles. The van der Waals surface area contributed by atoms with Crippen LogP contribution in [-0.2, 0) is 34.1 Å². The second kappa shape index (κ2) is 12.1. The normalized spacial score (nSPS) is 22.2. The molecule has 216 valence electrons. The molecule has 0 aromatic heterocycles. The van der Waals surface area contributed by atoms with Crippen molar-refractivity contribution in [3.05, 3.63) is 64.7 Å². The van der Waals surface area contributed by atoms with Crippen molar-refractivity contribution in [1.82, 2.24) is 14.7 Å². The number of nitrogens with zero attached hydrogens (tertiary/aromatic N) is 3. The molecule has 4 aliphatic rings. The predicted octanol–water partition coefficient (Wildman–Crippen LogP) is 4.14. The number of ether oxygens (including phenoxy) is 1. The van der Waals surface area contributed by atoms with Crippen LogP contribution in [-0.4, -0.2) is 70.3 Å². The van der Waals surface area contributed by atoms with Gasteiger partial charge in [-0.25, -0.2) is 0 Å². The Morgan fingerprint density at radius 1 is 0.854 bits per heavy atom. The number of benzene rings is 2. The van der Waals surface area contributed by atoms with Gasteiger partial charge in [0.25, 0.3) is 5.91 Å². The smallest absolute Gasteiger partial charge is 0.255 e. The third-order valence-electron chi connectivity index (χ3n) is 9.23. The molecule has 2 amide bonds. The summed E-state index contributed by atoms with van der Waals surface area (Å²) in [5.41, 5.74) is 3.65. The lowest BCUT2D eigenvalue weighted by molar-refractivity contribution is -0.138. The topological polar surface area (TPSA) is 87.2 Å². The largest absolute Gasteiger partial charge is 0.489 e. The van der Waals surface area contributed by atoms with Gasteiger partial charge in [0.2, 0.25) is 5.91 Å². The fourth-order valence-electron chi connectivity index (χ4n) is 6.80. The maximum absolute atomic E-state index is 13.1. The van der Waals surface area contributed by atoms with E-state index in [0.29, 0.717) is 43.2 Å². The van der Waals surface area contributed by atoms with E-state index in [9.17, 15) is 19.2 Å². The number of rotatable bonds is 7. The Labute approximate surface area is 241 Å². The average molecular weight is 558 g/mol. The molecule has 41 heavy (non-hydrogen) atoms. The molecule has 1 unspecified atom stereocenters. The summed E-state index contributed by atoms with van der Waals surface area (Å²) in [5, 5.41) is 0. The van der Waals surface area contributed by atoms with Crippen LogP contribution in [0.2, 0.25) is 0 Å². The highest BCUT2D eigenvalue weighted by atomic mass is 16.5. The maximum Gasteiger partial charge on any atom is 0.255 e. The molecule has 8 heteroatoms. The Kier molecular flexibility index (Phi) is 8.19. The van der Waals surface area contributed by atoms with Crippen LogP contribution in [0.5, 0.6) is 5.75 Å². The Hall–Kier alpha value is -3.52. The van der Waals surface area contributed by atoms with Crippen molar-refractivity contribution < 1.29 is 23.9 Å². The van der Waals surface area contributed by atoms with E-state index < -0.39 is 6.04 Å². The van der Waals surface area contributed by atoms with Gasteiger partial charge in [0.15, 0.2) is 5.78 Å². The summed E-state index contributed by atoms with van der Waals surface area (Å²) in [6.07, 6.45) is 6.42. The number of Topliss-reactive ketones (excluding diaryl/α,β-unsaturated/α-hetero) is 2. The summed E-state index contributed by atoms with van der Waals surface area (Å²) in [4.78, 5) is 56.2. The van der Waals surface area contributed by atoms with E-state index in [-0.39, 0.29) is 29.8 Å². The van der Waals surface area contributed by atoms with E-state index in [0.717, 1.165) is 56.7 Å². The molecule has 0 bridgehead atoms. The van der Waals surface area contributed by atoms with Gasteiger partial charge in [-0.2, -0.15) is 0 Å². The van der Waals surface area contributed by atoms with E-state index in [1.54, 1.807) is 11.0 Å². The molecule has 2 saturated carbocycles. The van der Waals surface area contributed by atoms with Crippen molar-refractivity contribution in [2.45, 2.75) is 77.1 Å². The van der Waals surface area contributed by atoms with E-state index >= 15 is 0 Å². The van der Waals surface area contributed by atoms with Crippen LogP contribution in [0.25, 0.3) is 0 Å². The fourth-order valence-corrected chi connectivity index (χ4v) is 6.80. The van der Waals surface area contributed by atoms with Crippen molar-refractivity contribution in [2.24, 2.45) is 5.92 Å². The number of ketones is 2. The highest BCUT2D eigenvalue weighted by Gasteiger charge is 2.40. The molecular formula is C33H39N3O5. The number of hydrogen-bond acceptors (Lipinski definition) is 6. The highest BCUT2D eigenvalue weighted by molar-refractivity contribution is 6.07. The first-order chi connectivity index (χ1) is 20.0. The first kappa shape index (κ1) is 27.6. The van der Waals surface area contributed by atoms with Crippen LogP contribution in [0.15, 0.2) is 42.5 Å². The maximum atomic E-state index is 13.1. The van der Waals surface area contributed by atoms with Gasteiger partial charge in [0, 0.05) is 56.2 Å². The Balaban J connectivity index is 1.00. The SMILES string of the molecule is O=C1CCC(N2Cc3c(OCc4ccc(CN5CCN(C(=O)C6CCCCC6)CC5)cc4)cccc3C2=O)C(=O)C1. The predicted molar refractivity (Wildman–Crippen MR) is 153 cm³/mol. The summed E-state index contributed by atoms with van der Waals surface area (Å²) in [5.74, 6) is 0.890. The molecule has 6 rings (SSSR count). The van der Waals surface area contributed by atoms with Crippen LogP contribution in [0.3, 0.4) is 0 Å². The first-order valence-electron chi connectivity index (χ1n) is 15.2. The summed E-state index contributed by atoms with van der Waals surface area (Å²) < 4.78 is 6.17. The quantitative estimate of drug-likeness (QED) is 0.476. The molecule has 3 fully saturated rings. The van der Waals surface area contributed by atoms with E-state index in [4.69, 9.17) is 4.74 Å². The molecule has 2 aromatic rings. The lowest BCUT2D eigenvalue weighted by Crippen LogP contribution is -2.50. The zero-order chi connectivity index (χ0) is 28.3. The molecule has 0 N–H and O–H groups in total. The molecule has 1 saturated heterocycles. The minimum atomic E-state index is -0.534. The van der Waals surface area contributed by atoms with Gasteiger partial charge < -0.3 is 14.5 Å². The van der Waals surface area contributed by atoms with E-state index in [2.05, 4.69) is 34.1 Å². The number of carbonyl (C=O) groups excluding carboxylic acids is 4. The van der Waals surface area contributed by atoms with Crippen LogP contribution in [0.1, 0.15) is 78.4 Å². The molecule has 8 nitrogen and oxygen atoms in total. The summed E-state index contributed by atoms with van der Waals surface area (Å²) >= 11 is 0. The third kappa shape index (κ3) is 6.08. The van der Waals surface area contributed by atoms with E-state index in [1.165, 1.54) is 24.8 Å². The second-order valence-corrected chi connectivity index (χ2v) is 12.0. The summed E-state index contributed by atoms with van der Waals surface area (Å²) in [6.45, 7) is 5.01. The molecule has 2 aromatic carbocycles. The van der Waals surface area contributed by atoms with Gasteiger partial charge in [0.05, 0.1) is 19.0 Å².